The zero-order valence-electron chi connectivity index (χ0n) is 10.7. The van der Waals surface area contributed by atoms with Crippen LogP contribution in [0.5, 0.6) is 5.75 Å². The first-order valence-corrected chi connectivity index (χ1v) is 6.28. The number of aromatic hydroxyl groups is 1. The van der Waals surface area contributed by atoms with Crippen molar-refractivity contribution in [1.29, 1.82) is 0 Å². The van der Waals surface area contributed by atoms with Gasteiger partial charge in [-0.3, -0.25) is 4.79 Å². The molecule has 0 aliphatic rings. The molecule has 0 spiro atoms. The van der Waals surface area contributed by atoms with Crippen molar-refractivity contribution in [3.05, 3.63) is 71.8 Å². The number of phenolic OH excluding ortho intramolecular Hbond substituents is 1. The number of hydrogen-bond donors (Lipinski definition) is 2. The van der Waals surface area contributed by atoms with E-state index in [1.165, 1.54) is 0 Å². The third kappa shape index (κ3) is 1.89. The smallest absolute Gasteiger partial charge is 0.195 e. The lowest BCUT2D eigenvalue weighted by molar-refractivity contribution is 0.103. The monoisotopic (exact) mass is 263 g/mol. The second-order valence-corrected chi connectivity index (χ2v) is 4.59. The highest BCUT2D eigenvalue weighted by atomic mass is 16.3. The fourth-order valence-electron chi connectivity index (χ4n) is 2.31. The summed E-state index contributed by atoms with van der Waals surface area (Å²) < 4.78 is 0. The van der Waals surface area contributed by atoms with Gasteiger partial charge in [0.25, 0.3) is 0 Å². The molecule has 0 fully saturated rings. The summed E-state index contributed by atoms with van der Waals surface area (Å²) in [5.74, 6) is 0.0428. The molecule has 3 aromatic rings. The molecule has 3 rings (SSSR count). The Labute approximate surface area is 116 Å². The van der Waals surface area contributed by atoms with Crippen molar-refractivity contribution in [2.75, 3.05) is 5.73 Å². The summed E-state index contributed by atoms with van der Waals surface area (Å²) in [6.45, 7) is 0. The van der Waals surface area contributed by atoms with E-state index in [4.69, 9.17) is 5.73 Å². The predicted molar refractivity (Wildman–Crippen MR) is 79.9 cm³/mol. The van der Waals surface area contributed by atoms with Gasteiger partial charge in [0.1, 0.15) is 5.75 Å². The first-order valence-electron chi connectivity index (χ1n) is 6.28. The number of carbonyl (C=O) groups excluding carboxylic acids is 1. The second kappa shape index (κ2) is 4.70. The lowest BCUT2D eigenvalue weighted by Gasteiger charge is -2.09. The largest absolute Gasteiger partial charge is 0.507 e. The number of carbonyl (C=O) groups is 1. The van der Waals surface area contributed by atoms with Crippen LogP contribution in [0.15, 0.2) is 60.7 Å². The summed E-state index contributed by atoms with van der Waals surface area (Å²) >= 11 is 0. The van der Waals surface area contributed by atoms with Gasteiger partial charge in [-0.25, -0.2) is 0 Å². The SMILES string of the molecule is Nc1c(C(=O)c2ccccc2)ccc2c(O)cccc12. The Morgan fingerprint density at radius 1 is 0.850 bits per heavy atom. The van der Waals surface area contributed by atoms with E-state index in [0.717, 1.165) is 0 Å². The minimum Gasteiger partial charge on any atom is -0.507 e. The molecule has 0 bridgehead atoms. The highest BCUT2D eigenvalue weighted by molar-refractivity contribution is 6.16. The molecular weight excluding hydrogens is 250 g/mol. The third-order valence-corrected chi connectivity index (χ3v) is 3.36. The van der Waals surface area contributed by atoms with Crippen molar-refractivity contribution in [2.45, 2.75) is 0 Å². The Morgan fingerprint density at radius 3 is 2.35 bits per heavy atom. The van der Waals surface area contributed by atoms with Crippen LogP contribution in [0.2, 0.25) is 0 Å². The average molecular weight is 263 g/mol. The van der Waals surface area contributed by atoms with Crippen LogP contribution in [0.4, 0.5) is 5.69 Å². The number of phenols is 1. The molecular formula is C17H13NO2. The lowest BCUT2D eigenvalue weighted by atomic mass is 9.97. The van der Waals surface area contributed by atoms with E-state index in [9.17, 15) is 9.90 Å². The molecule has 0 aliphatic heterocycles. The fraction of sp³-hybridized carbons (Fsp3) is 0. The third-order valence-electron chi connectivity index (χ3n) is 3.36. The number of anilines is 1. The Kier molecular flexibility index (Phi) is 2.88. The van der Waals surface area contributed by atoms with Crippen LogP contribution in [0.3, 0.4) is 0 Å². The van der Waals surface area contributed by atoms with Gasteiger partial charge in [0.05, 0.1) is 5.69 Å². The topological polar surface area (TPSA) is 63.3 Å². The molecule has 0 saturated heterocycles. The molecule has 3 N–H and O–H groups in total. The standard InChI is InChI=1S/C17H13NO2/c18-16-13-7-4-8-15(19)12(13)9-10-14(16)17(20)11-5-2-1-3-6-11/h1-10,19H,18H2. The molecule has 0 unspecified atom stereocenters. The predicted octanol–water partition coefficient (Wildman–Crippen LogP) is 3.36. The molecule has 3 aromatic carbocycles. The first kappa shape index (κ1) is 12.2. The Balaban J connectivity index is 2.19. The average Bonchev–Trinajstić information content (AvgIpc) is 2.49. The molecule has 0 radical (unpaired) electrons. The van der Waals surface area contributed by atoms with Crippen LogP contribution in [0.25, 0.3) is 10.8 Å². The van der Waals surface area contributed by atoms with Crippen molar-refractivity contribution in [3.8, 4) is 5.75 Å². The van der Waals surface area contributed by atoms with E-state index < -0.39 is 0 Å². The van der Waals surface area contributed by atoms with E-state index in [-0.39, 0.29) is 11.5 Å². The van der Waals surface area contributed by atoms with E-state index in [1.54, 1.807) is 42.5 Å². The van der Waals surface area contributed by atoms with Crippen molar-refractivity contribution in [3.63, 3.8) is 0 Å². The number of fused-ring (bicyclic) bond motifs is 1. The molecule has 0 aliphatic carbocycles. The van der Waals surface area contributed by atoms with E-state index in [0.29, 0.717) is 27.6 Å². The number of ketones is 1. The molecule has 20 heavy (non-hydrogen) atoms. The van der Waals surface area contributed by atoms with Gasteiger partial charge < -0.3 is 10.8 Å². The van der Waals surface area contributed by atoms with Crippen LogP contribution in [0, 0.1) is 0 Å². The molecule has 0 amide bonds. The van der Waals surface area contributed by atoms with Crippen molar-refractivity contribution in [2.24, 2.45) is 0 Å². The maximum Gasteiger partial charge on any atom is 0.195 e. The molecule has 0 aromatic heterocycles. The van der Waals surface area contributed by atoms with E-state index in [2.05, 4.69) is 0 Å². The summed E-state index contributed by atoms with van der Waals surface area (Å²) in [4.78, 5) is 12.5. The van der Waals surface area contributed by atoms with Crippen molar-refractivity contribution >= 4 is 22.2 Å². The molecule has 0 atom stereocenters. The van der Waals surface area contributed by atoms with Crippen LogP contribution in [0.1, 0.15) is 15.9 Å². The number of nitrogens with two attached hydrogens (primary N) is 1. The van der Waals surface area contributed by atoms with Crippen LogP contribution in [-0.2, 0) is 0 Å². The molecule has 98 valence electrons. The zero-order chi connectivity index (χ0) is 14.1. The maximum atomic E-state index is 12.5. The molecule has 3 nitrogen and oxygen atoms in total. The summed E-state index contributed by atoms with van der Waals surface area (Å²) in [6.07, 6.45) is 0. The van der Waals surface area contributed by atoms with Gasteiger partial charge in [0.15, 0.2) is 5.78 Å². The minimum atomic E-state index is -0.117. The van der Waals surface area contributed by atoms with Gasteiger partial charge in [-0.2, -0.15) is 0 Å². The highest BCUT2D eigenvalue weighted by Crippen LogP contribution is 2.31. The minimum absolute atomic E-state index is 0.117. The first-order chi connectivity index (χ1) is 9.68. The molecule has 3 heteroatoms. The second-order valence-electron chi connectivity index (χ2n) is 4.59. The Hall–Kier alpha value is -2.81. The van der Waals surface area contributed by atoms with Gasteiger partial charge in [-0.1, -0.05) is 42.5 Å². The maximum absolute atomic E-state index is 12.5. The molecule has 0 heterocycles. The Morgan fingerprint density at radius 2 is 1.60 bits per heavy atom. The quantitative estimate of drug-likeness (QED) is 0.550. The zero-order valence-corrected chi connectivity index (χ0v) is 10.7. The summed E-state index contributed by atoms with van der Waals surface area (Å²) in [5, 5.41) is 11.1. The highest BCUT2D eigenvalue weighted by Gasteiger charge is 2.14. The number of rotatable bonds is 2. The number of nitrogen functional groups attached to an aromatic ring is 1. The van der Waals surface area contributed by atoms with Crippen molar-refractivity contribution in [1.82, 2.24) is 0 Å². The number of hydrogen-bond acceptors (Lipinski definition) is 3. The lowest BCUT2D eigenvalue weighted by Crippen LogP contribution is -2.05. The summed E-state index contributed by atoms with van der Waals surface area (Å²) in [6, 6.07) is 17.5. The summed E-state index contributed by atoms with van der Waals surface area (Å²) in [5.41, 5.74) is 7.54. The van der Waals surface area contributed by atoms with Crippen molar-refractivity contribution < 1.29 is 9.90 Å². The van der Waals surface area contributed by atoms with Gasteiger partial charge in [-0.15, -0.1) is 0 Å². The van der Waals surface area contributed by atoms with Crippen LogP contribution >= 0.6 is 0 Å². The van der Waals surface area contributed by atoms with Gasteiger partial charge in [-0.05, 0) is 18.2 Å². The van der Waals surface area contributed by atoms with Gasteiger partial charge in [0, 0.05) is 21.9 Å². The van der Waals surface area contributed by atoms with E-state index in [1.807, 2.05) is 18.2 Å². The molecule has 0 saturated carbocycles. The summed E-state index contributed by atoms with van der Waals surface area (Å²) in [7, 11) is 0. The number of benzene rings is 3. The van der Waals surface area contributed by atoms with Crippen LogP contribution < -0.4 is 5.73 Å². The normalized spacial score (nSPS) is 10.6. The Bertz CT molecular complexity index is 795. The van der Waals surface area contributed by atoms with E-state index >= 15 is 0 Å². The fourth-order valence-corrected chi connectivity index (χ4v) is 2.31. The van der Waals surface area contributed by atoms with Crippen LogP contribution in [-0.4, -0.2) is 10.9 Å². The van der Waals surface area contributed by atoms with Gasteiger partial charge in [0.2, 0.25) is 0 Å². The van der Waals surface area contributed by atoms with Gasteiger partial charge >= 0.3 is 0 Å².